The molecule has 10 nitrogen and oxygen atoms in total. The topological polar surface area (TPSA) is 118 Å². The van der Waals surface area contributed by atoms with Gasteiger partial charge in [0.25, 0.3) is 0 Å². The summed E-state index contributed by atoms with van der Waals surface area (Å²) in [6, 6.07) is 5.76. The number of nitrogens with one attached hydrogen (secondary N) is 1. The molecule has 10 heteroatoms. The van der Waals surface area contributed by atoms with Gasteiger partial charge in [0.15, 0.2) is 11.4 Å². The number of imidazole rings is 1. The van der Waals surface area contributed by atoms with Crippen molar-refractivity contribution in [3.63, 3.8) is 0 Å². The number of hydrogen-bond acceptors (Lipinski definition) is 5. The summed E-state index contributed by atoms with van der Waals surface area (Å²) in [6.45, 7) is 5.02. The van der Waals surface area contributed by atoms with Crippen LogP contribution in [0, 0.1) is 0 Å². The molecule has 0 spiro atoms. The number of rotatable bonds is 4. The maximum absolute atomic E-state index is 13.0. The molecule has 0 aliphatic carbocycles. The number of amides is 1. The van der Waals surface area contributed by atoms with Gasteiger partial charge in [-0.15, -0.1) is 0 Å². The molecule has 1 fully saturated rings. The summed E-state index contributed by atoms with van der Waals surface area (Å²) < 4.78 is 8.93. The lowest BCUT2D eigenvalue weighted by atomic mass is 9.92. The highest BCUT2D eigenvalue weighted by molar-refractivity contribution is 5.85. The first-order chi connectivity index (χ1) is 15.9. The molecule has 1 atom stereocenters. The summed E-state index contributed by atoms with van der Waals surface area (Å²) in [5.74, 6) is 0.795. The molecule has 1 aliphatic heterocycles. The fourth-order valence-corrected chi connectivity index (χ4v) is 4.81. The van der Waals surface area contributed by atoms with Crippen molar-refractivity contribution in [2.75, 3.05) is 20.2 Å². The van der Waals surface area contributed by atoms with Gasteiger partial charge >= 0.3 is 11.8 Å². The maximum atomic E-state index is 13.0. The smallest absolute Gasteiger partial charge is 0.407 e. The number of nitrogens with zero attached hydrogens (tertiary/aromatic N) is 5. The number of carbonyl (C=O) groups is 1. The van der Waals surface area contributed by atoms with Gasteiger partial charge in [-0.05, 0) is 48.1 Å². The van der Waals surface area contributed by atoms with E-state index >= 15 is 0 Å². The van der Waals surface area contributed by atoms with Crippen molar-refractivity contribution in [1.82, 2.24) is 29.0 Å². The Morgan fingerprint density at radius 1 is 1.30 bits per heavy atom. The minimum Gasteiger partial charge on any atom is -0.493 e. The van der Waals surface area contributed by atoms with E-state index < -0.39 is 6.09 Å². The molecule has 33 heavy (non-hydrogen) atoms. The second-order valence-electron chi connectivity index (χ2n) is 8.76. The number of fused-ring (bicyclic) bond motifs is 2. The summed E-state index contributed by atoms with van der Waals surface area (Å²) in [5.41, 5.74) is 4.86. The molecule has 2 N–H and O–H groups in total. The van der Waals surface area contributed by atoms with Crippen LogP contribution in [0.15, 0.2) is 35.5 Å². The van der Waals surface area contributed by atoms with E-state index in [1.807, 2.05) is 24.4 Å². The number of hydrogen-bond donors (Lipinski definition) is 2. The van der Waals surface area contributed by atoms with Gasteiger partial charge in [0.05, 0.1) is 24.2 Å². The molecule has 0 bridgehead atoms. The molecule has 4 aromatic rings. The lowest BCUT2D eigenvalue weighted by Gasteiger charge is -2.31. The monoisotopic (exact) mass is 450 g/mol. The van der Waals surface area contributed by atoms with Gasteiger partial charge in [0.1, 0.15) is 6.33 Å². The van der Waals surface area contributed by atoms with Crippen LogP contribution in [0.5, 0.6) is 5.75 Å². The van der Waals surface area contributed by atoms with Crippen molar-refractivity contribution in [3.8, 4) is 16.9 Å². The van der Waals surface area contributed by atoms with Crippen molar-refractivity contribution in [1.29, 1.82) is 0 Å². The minimum absolute atomic E-state index is 0.183. The molecule has 172 valence electrons. The largest absolute Gasteiger partial charge is 0.493 e. The number of piperidine rings is 1. The van der Waals surface area contributed by atoms with E-state index in [-0.39, 0.29) is 17.6 Å². The van der Waals surface area contributed by atoms with Crippen molar-refractivity contribution in [2.45, 2.75) is 38.6 Å². The van der Waals surface area contributed by atoms with Gasteiger partial charge < -0.3 is 19.7 Å². The quantitative estimate of drug-likeness (QED) is 0.491. The Morgan fingerprint density at radius 3 is 2.85 bits per heavy atom. The van der Waals surface area contributed by atoms with Crippen LogP contribution in [-0.4, -0.2) is 60.4 Å². The highest BCUT2D eigenvalue weighted by Crippen LogP contribution is 2.36. The predicted molar refractivity (Wildman–Crippen MR) is 123 cm³/mol. The first-order valence-electron chi connectivity index (χ1n) is 11.0. The second-order valence-corrected chi connectivity index (χ2v) is 8.76. The summed E-state index contributed by atoms with van der Waals surface area (Å²) >= 11 is 0. The standard InChI is InChI=1S/C23H26N6O4/c1-13(2)16-9-19-18(26-22(30)29(19)15-5-4-6-27(11-15)23(31)32)8-17(16)14-7-20(33-3)21-24-12-25-28(21)10-14/h7-10,12-13,15H,4-6,11H2,1-3H3,(H,26,30)(H,31,32)/t15-/m0/s1. The average Bonchev–Trinajstić information content (AvgIpc) is 3.40. The normalized spacial score (nSPS) is 16.7. The molecule has 4 heterocycles. The zero-order chi connectivity index (χ0) is 23.3. The molecule has 5 rings (SSSR count). The number of methoxy groups -OCH3 is 1. The molecule has 1 aromatic carbocycles. The fraction of sp³-hybridized carbons (Fsp3) is 0.391. The van der Waals surface area contributed by atoms with Crippen molar-refractivity contribution in [2.24, 2.45) is 0 Å². The molecule has 1 saturated heterocycles. The molecule has 1 aliphatic rings. The van der Waals surface area contributed by atoms with Gasteiger partial charge in [-0.3, -0.25) is 4.57 Å². The first kappa shape index (κ1) is 21.0. The van der Waals surface area contributed by atoms with E-state index in [2.05, 4.69) is 28.9 Å². The van der Waals surface area contributed by atoms with E-state index in [0.29, 0.717) is 30.0 Å². The van der Waals surface area contributed by atoms with Crippen LogP contribution in [0.25, 0.3) is 27.8 Å². The van der Waals surface area contributed by atoms with Gasteiger partial charge in [0.2, 0.25) is 0 Å². The number of pyridine rings is 1. The van der Waals surface area contributed by atoms with Gasteiger partial charge in [0, 0.05) is 24.8 Å². The maximum Gasteiger partial charge on any atom is 0.407 e. The summed E-state index contributed by atoms with van der Waals surface area (Å²) in [5, 5.41) is 13.7. The molecular weight excluding hydrogens is 424 g/mol. The van der Waals surface area contributed by atoms with Crippen molar-refractivity contribution < 1.29 is 14.6 Å². The Hall–Kier alpha value is -3.82. The number of benzene rings is 1. The molecule has 1 amide bonds. The third kappa shape index (κ3) is 3.51. The van der Waals surface area contributed by atoms with Gasteiger partial charge in [-0.25, -0.2) is 19.1 Å². The number of likely N-dealkylation sites (tertiary alicyclic amines) is 1. The highest BCUT2D eigenvalue weighted by atomic mass is 16.5. The first-order valence-corrected chi connectivity index (χ1v) is 11.0. The lowest BCUT2D eigenvalue weighted by molar-refractivity contribution is 0.121. The van der Waals surface area contributed by atoms with Crippen molar-refractivity contribution >= 4 is 22.8 Å². The van der Waals surface area contributed by atoms with Crippen LogP contribution < -0.4 is 10.4 Å². The molecule has 0 unspecified atom stereocenters. The third-order valence-corrected chi connectivity index (χ3v) is 6.41. The van der Waals surface area contributed by atoms with E-state index in [4.69, 9.17) is 4.74 Å². The second kappa shape index (κ2) is 7.95. The molecule has 0 radical (unpaired) electrons. The van der Waals surface area contributed by atoms with E-state index in [1.54, 1.807) is 16.2 Å². The molecule has 0 saturated carbocycles. The Kier molecular flexibility index (Phi) is 5.07. The molecular formula is C23H26N6O4. The predicted octanol–water partition coefficient (Wildman–Crippen LogP) is 3.49. The summed E-state index contributed by atoms with van der Waals surface area (Å²) in [7, 11) is 1.60. The summed E-state index contributed by atoms with van der Waals surface area (Å²) in [6.07, 6.45) is 3.92. The molecule has 3 aromatic heterocycles. The number of H-pyrrole nitrogens is 1. The van der Waals surface area contributed by atoms with E-state index in [9.17, 15) is 14.7 Å². The van der Waals surface area contributed by atoms with Crippen LogP contribution in [0.3, 0.4) is 0 Å². The zero-order valence-corrected chi connectivity index (χ0v) is 18.8. The minimum atomic E-state index is -0.949. The highest BCUT2D eigenvalue weighted by Gasteiger charge is 2.27. The van der Waals surface area contributed by atoms with Gasteiger partial charge in [-0.1, -0.05) is 13.8 Å². The SMILES string of the molecule is COc1cc(-c2cc3[nH]c(=O)n([C@H]4CCCN(C(=O)O)C4)c3cc2C(C)C)cn2ncnc12. The Labute approximate surface area is 189 Å². The lowest BCUT2D eigenvalue weighted by Crippen LogP contribution is -2.41. The van der Waals surface area contributed by atoms with Crippen LogP contribution in [0.1, 0.15) is 44.2 Å². The Bertz CT molecular complexity index is 1420. The number of ether oxygens (including phenoxy) is 1. The number of aromatic nitrogens is 5. The Balaban J connectivity index is 1.68. The van der Waals surface area contributed by atoms with E-state index in [1.165, 1.54) is 11.2 Å². The summed E-state index contributed by atoms with van der Waals surface area (Å²) in [4.78, 5) is 33.1. The van der Waals surface area contributed by atoms with Crippen LogP contribution in [0.2, 0.25) is 0 Å². The van der Waals surface area contributed by atoms with E-state index in [0.717, 1.165) is 35.0 Å². The van der Waals surface area contributed by atoms with Gasteiger partial charge in [-0.2, -0.15) is 5.10 Å². The van der Waals surface area contributed by atoms with Crippen LogP contribution in [-0.2, 0) is 0 Å². The fourth-order valence-electron chi connectivity index (χ4n) is 4.81. The zero-order valence-electron chi connectivity index (χ0n) is 18.8. The van der Waals surface area contributed by atoms with Crippen LogP contribution in [0.4, 0.5) is 4.79 Å². The number of carboxylic acid groups (broad SMARTS) is 1. The van der Waals surface area contributed by atoms with Crippen LogP contribution >= 0.6 is 0 Å². The average molecular weight is 450 g/mol. The van der Waals surface area contributed by atoms with Crippen molar-refractivity contribution in [3.05, 3.63) is 46.8 Å². The third-order valence-electron chi connectivity index (χ3n) is 6.41. The number of aromatic amines is 1. The Morgan fingerprint density at radius 2 is 2.12 bits per heavy atom.